The number of hydrogen-bond donors (Lipinski definition) is 1. The number of benzene rings is 3. The van der Waals surface area contributed by atoms with Gasteiger partial charge in [-0.3, -0.25) is 9.69 Å². The molecular formula is C43H57NO8. The molecule has 3 heterocycles. The van der Waals surface area contributed by atoms with E-state index in [0.29, 0.717) is 26.3 Å². The maximum absolute atomic E-state index is 13.1. The first kappa shape index (κ1) is 38.7. The van der Waals surface area contributed by atoms with Crippen molar-refractivity contribution >= 4 is 5.78 Å². The van der Waals surface area contributed by atoms with Crippen LogP contribution in [0.15, 0.2) is 91.0 Å². The smallest absolute Gasteiger partial charge is 0.184 e. The minimum absolute atomic E-state index is 0.0156. The van der Waals surface area contributed by atoms with Gasteiger partial charge < -0.3 is 33.5 Å². The zero-order valence-electron chi connectivity index (χ0n) is 31.1. The zero-order valence-corrected chi connectivity index (χ0v) is 31.1. The fraction of sp³-hybridized carbons (Fsp3) is 0.558. The summed E-state index contributed by atoms with van der Waals surface area (Å²) in [5, 5.41) is 11.1. The average molecular weight is 716 g/mol. The molecule has 0 aliphatic carbocycles. The number of hydrogen-bond acceptors (Lipinski definition) is 9. The molecule has 9 nitrogen and oxygen atoms in total. The molecule has 0 radical (unpaired) electrons. The Hall–Kier alpha value is -2.99. The zero-order chi connectivity index (χ0) is 36.5. The van der Waals surface area contributed by atoms with Gasteiger partial charge in [0.2, 0.25) is 0 Å². The van der Waals surface area contributed by atoms with Gasteiger partial charge in [-0.25, -0.2) is 0 Å². The maximum Gasteiger partial charge on any atom is 0.184 e. The van der Waals surface area contributed by atoms with Crippen LogP contribution in [-0.2, 0) is 35.0 Å². The number of aliphatic hydroxyl groups is 1. The van der Waals surface area contributed by atoms with Crippen LogP contribution in [0.4, 0.5) is 0 Å². The Kier molecular flexibility index (Phi) is 14.0. The maximum atomic E-state index is 13.1. The van der Waals surface area contributed by atoms with E-state index >= 15 is 0 Å². The highest BCUT2D eigenvalue weighted by atomic mass is 16.8. The summed E-state index contributed by atoms with van der Waals surface area (Å²) in [6, 6.07) is 29.8. The quantitative estimate of drug-likeness (QED) is 0.122. The summed E-state index contributed by atoms with van der Waals surface area (Å²) >= 11 is 0. The van der Waals surface area contributed by atoms with E-state index in [2.05, 4.69) is 30.9 Å². The van der Waals surface area contributed by atoms with Crippen LogP contribution in [-0.4, -0.2) is 85.2 Å². The van der Waals surface area contributed by atoms with E-state index in [1.54, 1.807) is 0 Å². The highest BCUT2D eigenvalue weighted by Crippen LogP contribution is 2.41. The van der Waals surface area contributed by atoms with Gasteiger partial charge in [-0.05, 0) is 37.8 Å². The van der Waals surface area contributed by atoms with Crippen LogP contribution in [0.3, 0.4) is 0 Å². The predicted molar refractivity (Wildman–Crippen MR) is 198 cm³/mol. The number of fused-ring (bicyclic) bond motifs is 1. The van der Waals surface area contributed by atoms with Gasteiger partial charge in [0.1, 0.15) is 12.2 Å². The number of unbranched alkanes of at least 4 members (excludes halogenated alkanes) is 2. The summed E-state index contributed by atoms with van der Waals surface area (Å²) in [6.45, 7) is 11.0. The van der Waals surface area contributed by atoms with Crippen LogP contribution in [0.1, 0.15) is 81.2 Å². The van der Waals surface area contributed by atoms with Gasteiger partial charge in [-0.2, -0.15) is 0 Å². The van der Waals surface area contributed by atoms with Crippen LogP contribution < -0.4 is 0 Å². The summed E-state index contributed by atoms with van der Waals surface area (Å²) in [4.78, 5) is 15.3. The highest BCUT2D eigenvalue weighted by Gasteiger charge is 2.51. The van der Waals surface area contributed by atoms with Crippen molar-refractivity contribution < 1.29 is 38.3 Å². The van der Waals surface area contributed by atoms with Crippen LogP contribution in [0.2, 0.25) is 0 Å². The SMILES string of the molecule is CCC1O[C@H](OC2C(OCCCCCN(CC(=O)c3ccccc3)Cc3ccccc3)O[C@H]3COC(c4ccccc4)OC3[C@@H]2C)C(C)[C@@H](O)[C@@H]1C. The standard InChI is InChI=1S/C43H57NO8/c1-5-36-29(2)38(46)30(3)41(49-36)52-40-31(4)39-37(28-48-42(51-39)34-22-14-8-15-23-34)50-43(40)47-25-17-9-16-24-44(26-32-18-10-6-11-19-32)27-35(45)33-20-12-7-13-21-33/h6-8,10-15,18-23,29-31,36-43,46H,5,9,16-17,24-28H2,1-4H3/t29-,30?,31+,36?,37+,38+,39?,40?,41-,42?,43?/m1/s1. The van der Waals surface area contributed by atoms with Gasteiger partial charge >= 0.3 is 0 Å². The third-order valence-electron chi connectivity index (χ3n) is 11.0. The summed E-state index contributed by atoms with van der Waals surface area (Å²) in [5.41, 5.74) is 2.89. The van der Waals surface area contributed by atoms with Gasteiger partial charge in [-0.1, -0.05) is 119 Å². The number of carbonyl (C=O) groups excluding carboxylic acids is 1. The molecule has 3 fully saturated rings. The summed E-state index contributed by atoms with van der Waals surface area (Å²) in [7, 11) is 0. The second-order valence-electron chi connectivity index (χ2n) is 14.8. The molecule has 9 heteroatoms. The molecule has 3 aromatic carbocycles. The van der Waals surface area contributed by atoms with Crippen molar-refractivity contribution in [1.29, 1.82) is 0 Å². The first-order valence-electron chi connectivity index (χ1n) is 19.2. The molecule has 0 spiro atoms. The van der Waals surface area contributed by atoms with E-state index in [1.165, 1.54) is 5.56 Å². The first-order valence-corrected chi connectivity index (χ1v) is 19.2. The molecule has 0 saturated carbocycles. The van der Waals surface area contributed by atoms with Gasteiger partial charge in [0.05, 0.1) is 31.5 Å². The monoisotopic (exact) mass is 715 g/mol. The third-order valence-corrected chi connectivity index (χ3v) is 11.0. The lowest BCUT2D eigenvalue weighted by atomic mass is 9.84. The Bertz CT molecular complexity index is 1490. The van der Waals surface area contributed by atoms with Gasteiger partial charge in [-0.15, -0.1) is 0 Å². The highest BCUT2D eigenvalue weighted by molar-refractivity contribution is 5.97. The molecule has 11 atom stereocenters. The second-order valence-corrected chi connectivity index (χ2v) is 14.8. The lowest BCUT2D eigenvalue weighted by Crippen LogP contribution is -2.61. The van der Waals surface area contributed by atoms with E-state index in [9.17, 15) is 9.90 Å². The minimum atomic E-state index is -0.651. The van der Waals surface area contributed by atoms with E-state index in [1.807, 2.05) is 92.7 Å². The number of ether oxygens (including phenoxy) is 6. The molecule has 6 unspecified atom stereocenters. The normalized spacial score (nSPS) is 32.0. The van der Waals surface area contributed by atoms with E-state index in [-0.39, 0.29) is 41.8 Å². The molecule has 52 heavy (non-hydrogen) atoms. The lowest BCUT2D eigenvalue weighted by molar-refractivity contribution is -0.379. The molecule has 282 valence electrons. The van der Waals surface area contributed by atoms with Gasteiger partial charge in [0.15, 0.2) is 24.7 Å². The summed E-state index contributed by atoms with van der Waals surface area (Å²) < 4.78 is 38.9. The van der Waals surface area contributed by atoms with Gasteiger partial charge in [0.25, 0.3) is 0 Å². The topological polar surface area (TPSA) is 95.9 Å². The summed E-state index contributed by atoms with van der Waals surface area (Å²) in [5.74, 6) is -0.174. The number of Topliss-reactive ketones (excluding diaryl/α,β-unsaturated/α-hetero) is 1. The molecule has 1 N–H and O–H groups in total. The fourth-order valence-corrected chi connectivity index (χ4v) is 7.76. The van der Waals surface area contributed by atoms with Gasteiger partial charge in [0, 0.05) is 42.0 Å². The molecule has 0 aromatic heterocycles. The van der Waals surface area contributed by atoms with Crippen LogP contribution in [0.25, 0.3) is 0 Å². The molecule has 0 amide bonds. The van der Waals surface area contributed by atoms with Crippen LogP contribution >= 0.6 is 0 Å². The van der Waals surface area contributed by atoms with E-state index < -0.39 is 31.1 Å². The van der Waals surface area contributed by atoms with E-state index in [0.717, 1.165) is 43.4 Å². The number of carbonyl (C=O) groups is 1. The number of rotatable bonds is 16. The number of ketones is 1. The Morgan fingerprint density at radius 3 is 2.21 bits per heavy atom. The second kappa shape index (κ2) is 18.9. The average Bonchev–Trinajstić information content (AvgIpc) is 3.18. The summed E-state index contributed by atoms with van der Waals surface area (Å²) in [6.07, 6.45) is 0.0146. The van der Waals surface area contributed by atoms with Crippen molar-refractivity contribution in [2.24, 2.45) is 17.8 Å². The van der Waals surface area contributed by atoms with E-state index in [4.69, 9.17) is 28.4 Å². The van der Waals surface area contributed by atoms with Crippen LogP contribution in [0, 0.1) is 17.8 Å². The number of nitrogens with zero attached hydrogens (tertiary/aromatic N) is 1. The molecular weight excluding hydrogens is 658 g/mol. The molecule has 3 aliphatic rings. The number of aliphatic hydroxyl groups excluding tert-OH is 1. The molecule has 6 rings (SSSR count). The first-order chi connectivity index (χ1) is 25.3. The Balaban J connectivity index is 1.07. The van der Waals surface area contributed by atoms with Crippen LogP contribution in [0.5, 0.6) is 0 Å². The molecule has 0 bridgehead atoms. The van der Waals surface area contributed by atoms with Crippen molar-refractivity contribution in [1.82, 2.24) is 4.90 Å². The van der Waals surface area contributed by atoms with Crippen molar-refractivity contribution in [3.8, 4) is 0 Å². The molecule has 3 aromatic rings. The Labute approximate surface area is 309 Å². The van der Waals surface area contributed by atoms with Crippen molar-refractivity contribution in [3.63, 3.8) is 0 Å². The lowest BCUT2D eigenvalue weighted by Gasteiger charge is -2.50. The Morgan fingerprint density at radius 1 is 0.808 bits per heavy atom. The predicted octanol–water partition coefficient (Wildman–Crippen LogP) is 7.19. The third kappa shape index (κ3) is 9.75. The largest absolute Gasteiger partial charge is 0.392 e. The fourth-order valence-electron chi connectivity index (χ4n) is 7.76. The molecule has 3 aliphatic heterocycles. The van der Waals surface area contributed by atoms with Crippen molar-refractivity contribution in [2.75, 3.05) is 26.3 Å². The van der Waals surface area contributed by atoms with Crippen molar-refractivity contribution in [2.45, 2.75) is 109 Å². The minimum Gasteiger partial charge on any atom is -0.392 e. The molecule has 3 saturated heterocycles. The Morgan fingerprint density at radius 2 is 1.50 bits per heavy atom. The van der Waals surface area contributed by atoms with Crippen molar-refractivity contribution in [3.05, 3.63) is 108 Å².